The number of carbonyl (C=O) groups is 1. The Labute approximate surface area is 89.9 Å². The van der Waals surface area contributed by atoms with E-state index in [2.05, 4.69) is 0 Å². The SMILES string of the molecule is CC(C)(C)C(N)c1cccc(C(=O)O)c1. The number of rotatable bonds is 2. The third-order valence-electron chi connectivity index (χ3n) is 2.43. The molecule has 1 rings (SSSR count). The van der Waals surface area contributed by atoms with Gasteiger partial charge in [-0.3, -0.25) is 0 Å². The highest BCUT2D eigenvalue weighted by Crippen LogP contribution is 2.30. The second-order valence-electron chi connectivity index (χ2n) is 4.77. The molecule has 82 valence electrons. The summed E-state index contributed by atoms with van der Waals surface area (Å²) >= 11 is 0. The topological polar surface area (TPSA) is 63.3 Å². The van der Waals surface area contributed by atoms with Gasteiger partial charge in [0.1, 0.15) is 0 Å². The average molecular weight is 207 g/mol. The lowest BCUT2D eigenvalue weighted by Gasteiger charge is -2.27. The number of hydrogen-bond acceptors (Lipinski definition) is 2. The standard InChI is InChI=1S/C12H17NO2/c1-12(2,3)10(13)8-5-4-6-9(7-8)11(14)15/h4-7,10H,13H2,1-3H3,(H,14,15). The van der Waals surface area contributed by atoms with Gasteiger partial charge in [0.2, 0.25) is 0 Å². The summed E-state index contributed by atoms with van der Waals surface area (Å²) in [4.78, 5) is 10.8. The van der Waals surface area contributed by atoms with Gasteiger partial charge >= 0.3 is 5.97 Å². The minimum Gasteiger partial charge on any atom is -0.478 e. The summed E-state index contributed by atoms with van der Waals surface area (Å²) < 4.78 is 0. The van der Waals surface area contributed by atoms with Crippen LogP contribution in [0.4, 0.5) is 0 Å². The Morgan fingerprint density at radius 2 is 2.00 bits per heavy atom. The molecular formula is C12H17NO2. The van der Waals surface area contributed by atoms with Crippen LogP contribution in [0, 0.1) is 5.41 Å². The molecule has 0 saturated carbocycles. The Hall–Kier alpha value is -1.35. The summed E-state index contributed by atoms with van der Waals surface area (Å²) in [5.74, 6) is -0.919. The maximum atomic E-state index is 10.8. The van der Waals surface area contributed by atoms with Crippen molar-refractivity contribution in [2.45, 2.75) is 26.8 Å². The van der Waals surface area contributed by atoms with Crippen molar-refractivity contribution in [3.63, 3.8) is 0 Å². The molecule has 1 atom stereocenters. The van der Waals surface area contributed by atoms with E-state index in [0.717, 1.165) is 5.56 Å². The van der Waals surface area contributed by atoms with Crippen molar-refractivity contribution in [3.8, 4) is 0 Å². The molecule has 1 unspecified atom stereocenters. The van der Waals surface area contributed by atoms with Crippen LogP contribution in [-0.4, -0.2) is 11.1 Å². The molecule has 3 nitrogen and oxygen atoms in total. The molecule has 0 radical (unpaired) electrons. The molecule has 0 bridgehead atoms. The summed E-state index contributed by atoms with van der Waals surface area (Å²) in [7, 11) is 0. The summed E-state index contributed by atoms with van der Waals surface area (Å²) in [6, 6.07) is 6.64. The first kappa shape index (κ1) is 11.7. The van der Waals surface area contributed by atoms with Crippen molar-refractivity contribution in [1.29, 1.82) is 0 Å². The molecule has 3 heteroatoms. The maximum Gasteiger partial charge on any atom is 0.335 e. The van der Waals surface area contributed by atoms with E-state index in [1.54, 1.807) is 18.2 Å². The molecule has 0 aliphatic heterocycles. The van der Waals surface area contributed by atoms with Crippen LogP contribution in [0.15, 0.2) is 24.3 Å². The van der Waals surface area contributed by atoms with E-state index >= 15 is 0 Å². The fraction of sp³-hybridized carbons (Fsp3) is 0.417. The molecule has 1 aromatic rings. The van der Waals surface area contributed by atoms with Crippen molar-refractivity contribution in [2.75, 3.05) is 0 Å². The van der Waals surface area contributed by atoms with Crippen LogP contribution in [0.25, 0.3) is 0 Å². The summed E-state index contributed by atoms with van der Waals surface area (Å²) in [6.45, 7) is 6.10. The minimum absolute atomic E-state index is 0.0723. The zero-order valence-electron chi connectivity index (χ0n) is 9.32. The van der Waals surface area contributed by atoms with Crippen LogP contribution in [0.1, 0.15) is 42.7 Å². The van der Waals surface area contributed by atoms with Crippen molar-refractivity contribution < 1.29 is 9.90 Å². The maximum absolute atomic E-state index is 10.8. The lowest BCUT2D eigenvalue weighted by atomic mass is 9.83. The van der Waals surface area contributed by atoms with Gasteiger partial charge in [-0.15, -0.1) is 0 Å². The fourth-order valence-electron chi connectivity index (χ4n) is 1.37. The van der Waals surface area contributed by atoms with E-state index in [4.69, 9.17) is 10.8 Å². The first-order valence-electron chi connectivity index (χ1n) is 4.91. The smallest absolute Gasteiger partial charge is 0.335 e. The Bertz CT molecular complexity index is 366. The molecule has 0 heterocycles. The van der Waals surface area contributed by atoms with Gasteiger partial charge in [0.15, 0.2) is 0 Å². The van der Waals surface area contributed by atoms with Crippen molar-refractivity contribution in [3.05, 3.63) is 35.4 Å². The predicted molar refractivity (Wildman–Crippen MR) is 59.8 cm³/mol. The average Bonchev–Trinajstić information content (AvgIpc) is 2.15. The van der Waals surface area contributed by atoms with E-state index in [1.165, 1.54) is 0 Å². The van der Waals surface area contributed by atoms with Gasteiger partial charge in [0.25, 0.3) is 0 Å². The van der Waals surface area contributed by atoms with Gasteiger partial charge in [-0.2, -0.15) is 0 Å². The molecule has 0 spiro atoms. The largest absolute Gasteiger partial charge is 0.478 e. The minimum atomic E-state index is -0.919. The monoisotopic (exact) mass is 207 g/mol. The van der Waals surface area contributed by atoms with E-state index < -0.39 is 5.97 Å². The highest BCUT2D eigenvalue weighted by atomic mass is 16.4. The summed E-state index contributed by atoms with van der Waals surface area (Å²) in [5, 5.41) is 8.85. The zero-order valence-corrected chi connectivity index (χ0v) is 9.32. The first-order valence-corrected chi connectivity index (χ1v) is 4.91. The zero-order chi connectivity index (χ0) is 11.6. The lowest BCUT2D eigenvalue weighted by molar-refractivity contribution is 0.0696. The summed E-state index contributed by atoms with van der Waals surface area (Å²) in [5.41, 5.74) is 7.12. The molecule has 0 aliphatic carbocycles. The van der Waals surface area contributed by atoms with E-state index in [9.17, 15) is 4.79 Å². The molecule has 15 heavy (non-hydrogen) atoms. The fourth-order valence-corrected chi connectivity index (χ4v) is 1.37. The van der Waals surface area contributed by atoms with Gasteiger partial charge in [0, 0.05) is 6.04 Å². The van der Waals surface area contributed by atoms with E-state index in [1.807, 2.05) is 26.8 Å². The van der Waals surface area contributed by atoms with Crippen molar-refractivity contribution in [1.82, 2.24) is 0 Å². The third-order valence-corrected chi connectivity index (χ3v) is 2.43. The number of carboxylic acids is 1. The van der Waals surface area contributed by atoms with Gasteiger partial charge in [-0.25, -0.2) is 4.79 Å². The number of hydrogen-bond donors (Lipinski definition) is 2. The Balaban J connectivity index is 3.06. The number of aromatic carboxylic acids is 1. The Kier molecular flexibility index (Phi) is 3.15. The van der Waals surface area contributed by atoms with Crippen LogP contribution in [0.5, 0.6) is 0 Å². The van der Waals surface area contributed by atoms with Crippen LogP contribution < -0.4 is 5.73 Å². The molecule has 0 saturated heterocycles. The lowest BCUT2D eigenvalue weighted by Crippen LogP contribution is -2.26. The molecule has 0 aliphatic rings. The van der Waals surface area contributed by atoms with Gasteiger partial charge in [-0.1, -0.05) is 32.9 Å². The van der Waals surface area contributed by atoms with Crippen molar-refractivity contribution >= 4 is 5.97 Å². The van der Waals surface area contributed by atoms with Gasteiger partial charge in [-0.05, 0) is 23.1 Å². The quantitative estimate of drug-likeness (QED) is 0.782. The highest BCUT2D eigenvalue weighted by molar-refractivity contribution is 5.87. The molecule has 0 amide bonds. The van der Waals surface area contributed by atoms with Crippen LogP contribution >= 0.6 is 0 Å². The summed E-state index contributed by atoms with van der Waals surface area (Å²) in [6.07, 6.45) is 0. The Morgan fingerprint density at radius 3 is 2.47 bits per heavy atom. The molecule has 3 N–H and O–H groups in total. The molecule has 0 aromatic heterocycles. The second kappa shape index (κ2) is 4.03. The van der Waals surface area contributed by atoms with Gasteiger partial charge in [0.05, 0.1) is 5.56 Å². The third kappa shape index (κ3) is 2.80. The Morgan fingerprint density at radius 1 is 1.40 bits per heavy atom. The first-order chi connectivity index (χ1) is 6.82. The van der Waals surface area contributed by atoms with Crippen LogP contribution in [0.3, 0.4) is 0 Å². The predicted octanol–water partition coefficient (Wildman–Crippen LogP) is 2.43. The molecule has 0 fully saturated rings. The normalized spacial score (nSPS) is 13.6. The second-order valence-corrected chi connectivity index (χ2v) is 4.77. The van der Waals surface area contributed by atoms with Crippen molar-refractivity contribution in [2.24, 2.45) is 11.1 Å². The van der Waals surface area contributed by atoms with Crippen LogP contribution in [-0.2, 0) is 0 Å². The molecule has 1 aromatic carbocycles. The van der Waals surface area contributed by atoms with Gasteiger partial charge < -0.3 is 10.8 Å². The highest BCUT2D eigenvalue weighted by Gasteiger charge is 2.22. The number of carboxylic acid groups (broad SMARTS) is 1. The van der Waals surface area contributed by atoms with E-state index in [-0.39, 0.29) is 17.0 Å². The van der Waals surface area contributed by atoms with Crippen LogP contribution in [0.2, 0.25) is 0 Å². The molecular weight excluding hydrogens is 190 g/mol. The number of nitrogens with two attached hydrogens (primary N) is 1. The van der Waals surface area contributed by atoms with E-state index in [0.29, 0.717) is 0 Å². The number of benzene rings is 1.